The molecule has 1 aromatic carbocycles. The van der Waals surface area contributed by atoms with E-state index in [2.05, 4.69) is 5.32 Å². The molecule has 2 rings (SSSR count). The van der Waals surface area contributed by atoms with Crippen molar-refractivity contribution in [2.24, 2.45) is 5.73 Å². The summed E-state index contributed by atoms with van der Waals surface area (Å²) in [5.41, 5.74) is 7.07. The second kappa shape index (κ2) is 8.06. The van der Waals surface area contributed by atoms with E-state index in [0.717, 1.165) is 11.4 Å². The zero-order valence-electron chi connectivity index (χ0n) is 11.1. The van der Waals surface area contributed by atoms with Crippen molar-refractivity contribution in [1.82, 2.24) is 0 Å². The first kappa shape index (κ1) is 16.7. The summed E-state index contributed by atoms with van der Waals surface area (Å²) in [6.45, 7) is 1.92. The van der Waals surface area contributed by atoms with Gasteiger partial charge in [-0.1, -0.05) is 0 Å². The highest BCUT2D eigenvalue weighted by Crippen LogP contribution is 2.19. The topological polar surface area (TPSA) is 87.8 Å². The molecule has 0 bridgehead atoms. The Bertz CT molecular complexity index is 427. The number of anilines is 2. The van der Waals surface area contributed by atoms with Gasteiger partial charge >= 0.3 is 0 Å². The van der Waals surface area contributed by atoms with Gasteiger partial charge in [0.1, 0.15) is 6.61 Å². The highest BCUT2D eigenvalue weighted by atomic mass is 35.5. The lowest BCUT2D eigenvalue weighted by atomic mass is 10.2. The third kappa shape index (κ3) is 4.35. The number of carbonyl (C=O) groups excluding carboxylic acids is 1. The first-order chi connectivity index (χ1) is 9.20. The van der Waals surface area contributed by atoms with Gasteiger partial charge in [-0.05, 0) is 24.3 Å². The molecular weight excluding hydrogens is 282 g/mol. The van der Waals surface area contributed by atoms with Gasteiger partial charge in [0.05, 0.1) is 12.7 Å². The zero-order valence-corrected chi connectivity index (χ0v) is 11.9. The Morgan fingerprint density at radius 1 is 1.40 bits per heavy atom. The molecule has 6 nitrogen and oxygen atoms in total. The normalized spacial score (nSPS) is 16.5. The Balaban J connectivity index is 0.00000200. The van der Waals surface area contributed by atoms with Gasteiger partial charge in [0.15, 0.2) is 0 Å². The van der Waals surface area contributed by atoms with Crippen LogP contribution < -0.4 is 16.0 Å². The van der Waals surface area contributed by atoms with Gasteiger partial charge in [-0.2, -0.15) is 0 Å². The summed E-state index contributed by atoms with van der Waals surface area (Å²) in [4.78, 5) is 13.4. The number of hydrogen-bond acceptors (Lipinski definition) is 5. The number of hydrogen-bond donors (Lipinski definition) is 3. The molecule has 1 atom stereocenters. The van der Waals surface area contributed by atoms with Gasteiger partial charge in [-0.3, -0.25) is 4.79 Å². The number of aliphatic hydroxyl groups is 1. The molecule has 1 saturated heterocycles. The maximum Gasteiger partial charge on any atom is 0.253 e. The van der Waals surface area contributed by atoms with Gasteiger partial charge in [0, 0.05) is 31.0 Å². The number of ether oxygens (including phenoxy) is 1. The molecule has 20 heavy (non-hydrogen) atoms. The van der Waals surface area contributed by atoms with Crippen molar-refractivity contribution in [3.8, 4) is 0 Å². The molecule has 4 N–H and O–H groups in total. The summed E-state index contributed by atoms with van der Waals surface area (Å²) in [7, 11) is 0. The highest BCUT2D eigenvalue weighted by Gasteiger charge is 2.19. The van der Waals surface area contributed by atoms with Crippen molar-refractivity contribution in [3.63, 3.8) is 0 Å². The molecule has 1 aliphatic heterocycles. The fraction of sp³-hybridized carbons (Fsp3) is 0.462. The van der Waals surface area contributed by atoms with Crippen LogP contribution in [-0.2, 0) is 9.53 Å². The van der Waals surface area contributed by atoms with Crippen molar-refractivity contribution >= 4 is 29.7 Å². The fourth-order valence-corrected chi connectivity index (χ4v) is 1.87. The number of rotatable bonds is 5. The van der Waals surface area contributed by atoms with Crippen LogP contribution in [0.2, 0.25) is 0 Å². The highest BCUT2D eigenvalue weighted by molar-refractivity contribution is 5.94. The van der Waals surface area contributed by atoms with E-state index in [1.807, 2.05) is 24.3 Å². The van der Waals surface area contributed by atoms with Crippen LogP contribution in [0.1, 0.15) is 0 Å². The molecule has 112 valence electrons. The molecule has 0 spiro atoms. The molecule has 1 heterocycles. The first-order valence-electron chi connectivity index (χ1n) is 6.31. The molecule has 1 aromatic rings. The van der Waals surface area contributed by atoms with Crippen molar-refractivity contribution in [2.75, 3.05) is 43.1 Å². The lowest BCUT2D eigenvalue weighted by molar-refractivity contribution is -0.125. The van der Waals surface area contributed by atoms with Crippen LogP contribution >= 0.6 is 12.4 Å². The van der Waals surface area contributed by atoms with Crippen LogP contribution in [0.4, 0.5) is 11.4 Å². The number of nitrogens with two attached hydrogens (primary N) is 1. The van der Waals surface area contributed by atoms with Crippen molar-refractivity contribution in [2.45, 2.75) is 6.10 Å². The van der Waals surface area contributed by atoms with E-state index >= 15 is 0 Å². The summed E-state index contributed by atoms with van der Waals surface area (Å²) < 4.78 is 5.09. The number of amides is 1. The summed E-state index contributed by atoms with van der Waals surface area (Å²) in [6, 6.07) is 7.50. The van der Waals surface area contributed by atoms with E-state index in [1.54, 1.807) is 4.90 Å². The van der Waals surface area contributed by atoms with E-state index in [0.29, 0.717) is 19.7 Å². The van der Waals surface area contributed by atoms with Crippen molar-refractivity contribution in [3.05, 3.63) is 24.3 Å². The molecule has 1 amide bonds. The van der Waals surface area contributed by atoms with Crippen LogP contribution in [0.5, 0.6) is 0 Å². The SMILES string of the molecule is Cl.NC[C@@H](O)CNc1ccc(N2CCOCC2=O)cc1. The lowest BCUT2D eigenvalue weighted by Gasteiger charge is -2.27. The molecule has 7 heteroatoms. The molecule has 1 aliphatic rings. The third-order valence-corrected chi connectivity index (χ3v) is 2.98. The predicted octanol–water partition coefficient (Wildman–Crippen LogP) is 0.203. The molecular formula is C13H20ClN3O3. The summed E-state index contributed by atoms with van der Waals surface area (Å²) in [6.07, 6.45) is -0.555. The van der Waals surface area contributed by atoms with Crippen molar-refractivity contribution in [1.29, 1.82) is 0 Å². The number of morpholine rings is 1. The largest absolute Gasteiger partial charge is 0.390 e. The molecule has 1 fully saturated rings. The second-order valence-corrected chi connectivity index (χ2v) is 4.42. The molecule has 0 aliphatic carbocycles. The molecule has 0 radical (unpaired) electrons. The fourth-order valence-electron chi connectivity index (χ4n) is 1.87. The van der Waals surface area contributed by atoms with Crippen LogP contribution in [-0.4, -0.2) is 50.0 Å². The standard InChI is InChI=1S/C13H19N3O3.ClH/c14-7-12(17)8-15-10-1-3-11(4-2-10)16-5-6-19-9-13(16)18;/h1-4,12,15,17H,5-9,14H2;1H/t12-;/m1./s1. The first-order valence-corrected chi connectivity index (χ1v) is 6.31. The number of carbonyl (C=O) groups is 1. The monoisotopic (exact) mass is 301 g/mol. The number of nitrogens with zero attached hydrogens (tertiary/aromatic N) is 1. The van der Waals surface area contributed by atoms with Gasteiger partial charge in [0.25, 0.3) is 5.91 Å². The van der Waals surface area contributed by atoms with E-state index in [1.165, 1.54) is 0 Å². The smallest absolute Gasteiger partial charge is 0.253 e. The Kier molecular flexibility index (Phi) is 6.74. The third-order valence-electron chi connectivity index (χ3n) is 2.98. The Hall–Kier alpha value is -1.34. The van der Waals surface area contributed by atoms with Crippen molar-refractivity contribution < 1.29 is 14.6 Å². The summed E-state index contributed by atoms with van der Waals surface area (Å²) >= 11 is 0. The van der Waals surface area contributed by atoms with Gasteiger partial charge < -0.3 is 25.8 Å². The molecule has 0 aromatic heterocycles. The van der Waals surface area contributed by atoms with E-state index < -0.39 is 6.10 Å². The number of nitrogens with one attached hydrogen (secondary N) is 1. The Morgan fingerprint density at radius 2 is 2.10 bits per heavy atom. The van der Waals surface area contributed by atoms with E-state index in [9.17, 15) is 9.90 Å². The maximum absolute atomic E-state index is 11.7. The summed E-state index contributed by atoms with van der Waals surface area (Å²) in [5.74, 6) is -0.0227. The number of halogens is 1. The maximum atomic E-state index is 11.7. The average molecular weight is 302 g/mol. The molecule has 0 unspecified atom stereocenters. The van der Waals surface area contributed by atoms with E-state index in [4.69, 9.17) is 10.5 Å². The van der Waals surface area contributed by atoms with Gasteiger partial charge in [0.2, 0.25) is 0 Å². The number of benzene rings is 1. The minimum absolute atomic E-state index is 0. The van der Waals surface area contributed by atoms with Crippen LogP contribution in [0.3, 0.4) is 0 Å². The number of aliphatic hydroxyl groups excluding tert-OH is 1. The van der Waals surface area contributed by atoms with Crippen LogP contribution in [0.15, 0.2) is 24.3 Å². The Labute approximate surface area is 124 Å². The van der Waals surface area contributed by atoms with Crippen LogP contribution in [0.25, 0.3) is 0 Å². The Morgan fingerprint density at radius 3 is 2.70 bits per heavy atom. The average Bonchev–Trinajstić information content (AvgIpc) is 2.46. The van der Waals surface area contributed by atoms with Crippen LogP contribution in [0, 0.1) is 0 Å². The zero-order chi connectivity index (χ0) is 13.7. The van der Waals surface area contributed by atoms with E-state index in [-0.39, 0.29) is 31.5 Å². The molecule has 0 saturated carbocycles. The minimum atomic E-state index is -0.555. The lowest BCUT2D eigenvalue weighted by Crippen LogP contribution is -2.41. The minimum Gasteiger partial charge on any atom is -0.390 e. The second-order valence-electron chi connectivity index (χ2n) is 4.42. The van der Waals surface area contributed by atoms with Gasteiger partial charge in [-0.25, -0.2) is 0 Å². The summed E-state index contributed by atoms with van der Waals surface area (Å²) in [5, 5.41) is 12.4. The predicted molar refractivity (Wildman–Crippen MR) is 80.4 cm³/mol. The van der Waals surface area contributed by atoms with Gasteiger partial charge in [-0.15, -0.1) is 12.4 Å². The quantitative estimate of drug-likeness (QED) is 0.723.